The maximum Gasteiger partial charge on any atom is 0.224 e. The number of piperidine rings is 1. The fourth-order valence-corrected chi connectivity index (χ4v) is 3.78. The summed E-state index contributed by atoms with van der Waals surface area (Å²) in [4.78, 5) is 18.7. The molecule has 4 heterocycles. The molecule has 1 saturated heterocycles. The maximum atomic E-state index is 12.7. The van der Waals surface area contributed by atoms with E-state index < -0.39 is 0 Å². The molecule has 0 aromatic carbocycles. The van der Waals surface area contributed by atoms with Gasteiger partial charge >= 0.3 is 0 Å². The number of hydrogen-bond donors (Lipinski definition) is 0. The summed E-state index contributed by atoms with van der Waals surface area (Å²) < 4.78 is 5.87. The zero-order valence-corrected chi connectivity index (χ0v) is 16.4. The number of carbonyl (C=O) groups excluding carboxylic acids is 1. The van der Waals surface area contributed by atoms with Gasteiger partial charge in [0.05, 0.1) is 18.6 Å². The van der Waals surface area contributed by atoms with Crippen molar-refractivity contribution in [2.24, 2.45) is 7.05 Å². The van der Waals surface area contributed by atoms with Crippen LogP contribution in [-0.4, -0.2) is 58.0 Å². The molecule has 0 spiro atoms. The van der Waals surface area contributed by atoms with Gasteiger partial charge in [-0.2, -0.15) is 5.10 Å². The largest absolute Gasteiger partial charge is 0.342 e. The van der Waals surface area contributed by atoms with Gasteiger partial charge in [0.2, 0.25) is 5.91 Å². The van der Waals surface area contributed by atoms with Gasteiger partial charge in [-0.15, -0.1) is 10.2 Å². The van der Waals surface area contributed by atoms with E-state index in [0.717, 1.165) is 36.7 Å². The number of amides is 1. The molecule has 0 N–H and O–H groups in total. The Morgan fingerprint density at radius 2 is 2.18 bits per heavy atom. The molecule has 0 radical (unpaired) electrons. The van der Waals surface area contributed by atoms with Crippen LogP contribution in [0.15, 0.2) is 31.0 Å². The van der Waals surface area contributed by atoms with Gasteiger partial charge in [-0.25, -0.2) is 4.98 Å². The van der Waals surface area contributed by atoms with Crippen LogP contribution in [0, 0.1) is 6.92 Å². The summed E-state index contributed by atoms with van der Waals surface area (Å²) in [6.45, 7) is 4.73. The highest BCUT2D eigenvalue weighted by Crippen LogP contribution is 2.26. The van der Waals surface area contributed by atoms with Crippen molar-refractivity contribution >= 4 is 5.91 Å². The van der Waals surface area contributed by atoms with E-state index in [0.29, 0.717) is 26.1 Å². The lowest BCUT2D eigenvalue weighted by Crippen LogP contribution is -2.40. The van der Waals surface area contributed by atoms with Crippen molar-refractivity contribution in [1.29, 1.82) is 0 Å². The topological polar surface area (TPSA) is 86.7 Å². The number of imidazole rings is 1. The summed E-state index contributed by atoms with van der Waals surface area (Å²) in [7, 11) is 2.00. The van der Waals surface area contributed by atoms with Crippen molar-refractivity contribution in [1.82, 2.24) is 39.0 Å². The van der Waals surface area contributed by atoms with Crippen molar-refractivity contribution in [3.8, 4) is 0 Å². The predicted molar refractivity (Wildman–Crippen MR) is 102 cm³/mol. The van der Waals surface area contributed by atoms with Crippen LogP contribution in [0.1, 0.15) is 42.5 Å². The Morgan fingerprint density at radius 3 is 2.93 bits per heavy atom. The molecule has 3 aromatic heterocycles. The third-order valence-corrected chi connectivity index (χ3v) is 5.35. The summed E-state index contributed by atoms with van der Waals surface area (Å²) in [5.41, 5.74) is 0.972. The van der Waals surface area contributed by atoms with Gasteiger partial charge in [0, 0.05) is 57.6 Å². The van der Waals surface area contributed by atoms with E-state index in [1.165, 1.54) is 0 Å². The first-order chi connectivity index (χ1) is 13.6. The average Bonchev–Trinajstić information content (AvgIpc) is 3.44. The Labute approximate surface area is 164 Å². The fourth-order valence-electron chi connectivity index (χ4n) is 3.78. The number of likely N-dealkylation sites (tertiary alicyclic amines) is 1. The summed E-state index contributed by atoms with van der Waals surface area (Å²) in [6.07, 6.45) is 9.85. The molecule has 0 saturated carbocycles. The molecular formula is C19H26N8O. The molecule has 3 aromatic rings. The molecule has 28 heavy (non-hydrogen) atoms. The van der Waals surface area contributed by atoms with Crippen molar-refractivity contribution < 1.29 is 4.79 Å². The van der Waals surface area contributed by atoms with Gasteiger partial charge in [-0.3, -0.25) is 9.48 Å². The molecular weight excluding hydrogens is 356 g/mol. The number of nitrogens with zero attached hydrogens (tertiary/aromatic N) is 8. The van der Waals surface area contributed by atoms with Crippen molar-refractivity contribution in [3.05, 3.63) is 48.3 Å². The Bertz CT molecular complexity index is 926. The zero-order valence-electron chi connectivity index (χ0n) is 16.4. The number of rotatable bonds is 6. The Balaban J connectivity index is 1.38. The van der Waals surface area contributed by atoms with E-state index in [1.54, 1.807) is 12.5 Å². The fraction of sp³-hybridized carbons (Fsp3) is 0.526. The van der Waals surface area contributed by atoms with E-state index in [9.17, 15) is 4.79 Å². The van der Waals surface area contributed by atoms with Crippen LogP contribution in [0.25, 0.3) is 0 Å². The maximum absolute atomic E-state index is 12.7. The van der Waals surface area contributed by atoms with Crippen LogP contribution < -0.4 is 0 Å². The van der Waals surface area contributed by atoms with E-state index in [1.807, 2.05) is 46.6 Å². The Morgan fingerprint density at radius 1 is 1.29 bits per heavy atom. The lowest BCUT2D eigenvalue weighted by atomic mass is 9.97. The molecule has 1 amide bonds. The van der Waals surface area contributed by atoms with Gasteiger partial charge in [-0.1, -0.05) is 0 Å². The molecule has 148 valence electrons. The molecule has 1 aliphatic heterocycles. The van der Waals surface area contributed by atoms with E-state index in [2.05, 4.69) is 24.8 Å². The molecule has 1 atom stereocenters. The normalized spacial score (nSPS) is 17.2. The van der Waals surface area contributed by atoms with Gasteiger partial charge in [0.25, 0.3) is 0 Å². The number of aryl methyl sites for hydroxylation is 2. The first-order valence-corrected chi connectivity index (χ1v) is 9.72. The van der Waals surface area contributed by atoms with Gasteiger partial charge in [-0.05, 0) is 25.8 Å². The smallest absolute Gasteiger partial charge is 0.224 e. The number of carbonyl (C=O) groups is 1. The highest BCUT2D eigenvalue weighted by atomic mass is 16.2. The lowest BCUT2D eigenvalue weighted by Gasteiger charge is -2.32. The lowest BCUT2D eigenvalue weighted by molar-refractivity contribution is -0.132. The van der Waals surface area contributed by atoms with Gasteiger partial charge in [0.15, 0.2) is 5.82 Å². The summed E-state index contributed by atoms with van der Waals surface area (Å²) in [6, 6.07) is 1.96. The number of hydrogen-bond acceptors (Lipinski definition) is 5. The zero-order chi connectivity index (χ0) is 19.5. The van der Waals surface area contributed by atoms with Crippen LogP contribution in [0.3, 0.4) is 0 Å². The molecule has 9 heteroatoms. The van der Waals surface area contributed by atoms with E-state index >= 15 is 0 Å². The van der Waals surface area contributed by atoms with E-state index in [4.69, 9.17) is 0 Å². The van der Waals surface area contributed by atoms with Gasteiger partial charge in [0.1, 0.15) is 5.82 Å². The number of aromatic nitrogens is 7. The summed E-state index contributed by atoms with van der Waals surface area (Å²) >= 11 is 0. The highest BCUT2D eigenvalue weighted by molar-refractivity contribution is 5.76. The highest BCUT2D eigenvalue weighted by Gasteiger charge is 2.28. The van der Waals surface area contributed by atoms with Crippen LogP contribution in [-0.2, 0) is 24.9 Å². The molecule has 4 rings (SSSR count). The van der Waals surface area contributed by atoms with E-state index in [-0.39, 0.29) is 11.8 Å². The summed E-state index contributed by atoms with van der Waals surface area (Å²) in [5, 5.41) is 13.2. The van der Waals surface area contributed by atoms with Gasteiger partial charge < -0.3 is 14.0 Å². The van der Waals surface area contributed by atoms with Crippen molar-refractivity contribution in [2.75, 3.05) is 13.1 Å². The second-order valence-electron chi connectivity index (χ2n) is 7.42. The molecule has 1 aliphatic rings. The van der Waals surface area contributed by atoms with Crippen molar-refractivity contribution in [2.45, 2.75) is 45.2 Å². The summed E-state index contributed by atoms with van der Waals surface area (Å²) in [5.74, 6) is 2.25. The molecule has 1 fully saturated rings. The molecule has 1 unspecified atom stereocenters. The van der Waals surface area contributed by atoms with Crippen LogP contribution >= 0.6 is 0 Å². The second-order valence-corrected chi connectivity index (χ2v) is 7.42. The first kappa shape index (κ1) is 18.4. The third kappa shape index (κ3) is 3.97. The van der Waals surface area contributed by atoms with Crippen LogP contribution in [0.4, 0.5) is 0 Å². The van der Waals surface area contributed by atoms with Crippen molar-refractivity contribution in [3.63, 3.8) is 0 Å². The third-order valence-electron chi connectivity index (χ3n) is 5.35. The average molecular weight is 382 g/mol. The quantitative estimate of drug-likeness (QED) is 0.642. The minimum absolute atomic E-state index is 0.179. The Hall–Kier alpha value is -2.97. The van der Waals surface area contributed by atoms with Crippen LogP contribution in [0.5, 0.6) is 0 Å². The SMILES string of the molecule is Cc1ccn(CCC(=O)N2CCCC(c3nnc(Cn4ccnc4)n3C)C2)n1. The minimum atomic E-state index is 0.179. The predicted octanol–water partition coefficient (Wildman–Crippen LogP) is 1.36. The Kier molecular flexibility index (Phi) is 5.23. The second kappa shape index (κ2) is 7.95. The molecule has 0 bridgehead atoms. The first-order valence-electron chi connectivity index (χ1n) is 9.72. The minimum Gasteiger partial charge on any atom is -0.342 e. The molecule has 0 aliphatic carbocycles. The standard InChI is InChI=1S/C19H26N8O/c1-15-5-9-27(23-15)10-6-18(28)26-8-3-4-16(12-26)19-22-21-17(24(19)2)13-25-11-7-20-14-25/h5,7,9,11,14,16H,3-4,6,8,10,12-13H2,1-2H3. The van der Waals surface area contributed by atoms with Crippen LogP contribution in [0.2, 0.25) is 0 Å². The molecule has 9 nitrogen and oxygen atoms in total. The monoisotopic (exact) mass is 382 g/mol.